The highest BCUT2D eigenvalue weighted by molar-refractivity contribution is 14.0. The van der Waals surface area contributed by atoms with Crippen LogP contribution in [-0.2, 0) is 9.47 Å². The minimum Gasteiger partial charge on any atom is -0.379 e. The summed E-state index contributed by atoms with van der Waals surface area (Å²) >= 11 is 0. The number of aliphatic imine (C=N–C) groups is 1. The molecule has 3 fully saturated rings. The molecule has 0 saturated carbocycles. The maximum Gasteiger partial charge on any atom is 0.193 e. The van der Waals surface area contributed by atoms with E-state index in [1.165, 1.54) is 24.0 Å². The Kier molecular flexibility index (Phi) is 9.87. The average Bonchev–Trinajstić information content (AvgIpc) is 3.28. The Morgan fingerprint density at radius 2 is 1.87 bits per heavy atom. The Morgan fingerprint density at radius 1 is 1.10 bits per heavy atom. The summed E-state index contributed by atoms with van der Waals surface area (Å²) in [6.45, 7) is 12.9. The molecule has 1 aromatic carbocycles. The van der Waals surface area contributed by atoms with Gasteiger partial charge in [-0.2, -0.15) is 0 Å². The molecule has 3 saturated heterocycles. The number of hydrogen-bond donors (Lipinski definition) is 1. The lowest BCUT2D eigenvalue weighted by Crippen LogP contribution is -2.46. The van der Waals surface area contributed by atoms with Crippen LogP contribution in [0.5, 0.6) is 0 Å². The van der Waals surface area contributed by atoms with Crippen molar-refractivity contribution in [1.29, 1.82) is 0 Å². The predicted octanol–water partition coefficient (Wildman–Crippen LogP) is 3.45. The van der Waals surface area contributed by atoms with Gasteiger partial charge in [-0.05, 0) is 38.7 Å². The third-order valence-electron chi connectivity index (χ3n) is 6.69. The molecule has 0 bridgehead atoms. The molecule has 0 aromatic heterocycles. The van der Waals surface area contributed by atoms with Gasteiger partial charge in [0, 0.05) is 57.8 Å². The Labute approximate surface area is 204 Å². The summed E-state index contributed by atoms with van der Waals surface area (Å²) < 4.78 is 11.7. The van der Waals surface area contributed by atoms with Crippen LogP contribution < -0.4 is 5.32 Å². The second-order valence-electron chi connectivity index (χ2n) is 8.84. The fourth-order valence-corrected chi connectivity index (χ4v) is 4.96. The third-order valence-corrected chi connectivity index (χ3v) is 6.69. The summed E-state index contributed by atoms with van der Waals surface area (Å²) in [6, 6.07) is 9.44. The highest BCUT2D eigenvalue weighted by Gasteiger charge is 2.31. The number of halogens is 1. The van der Waals surface area contributed by atoms with Crippen molar-refractivity contribution in [3.63, 3.8) is 0 Å². The highest BCUT2D eigenvalue weighted by Crippen LogP contribution is 2.34. The third kappa shape index (κ3) is 6.55. The molecule has 6 nitrogen and oxygen atoms in total. The molecular formula is C24H39IN4O2. The lowest BCUT2D eigenvalue weighted by molar-refractivity contribution is -0.0250. The van der Waals surface area contributed by atoms with Crippen molar-refractivity contribution >= 4 is 29.9 Å². The van der Waals surface area contributed by atoms with Crippen LogP contribution in [0.15, 0.2) is 29.3 Å². The van der Waals surface area contributed by atoms with E-state index in [0.29, 0.717) is 12.0 Å². The van der Waals surface area contributed by atoms with E-state index in [0.717, 1.165) is 71.5 Å². The second kappa shape index (κ2) is 12.4. The van der Waals surface area contributed by atoms with Gasteiger partial charge in [-0.15, -0.1) is 24.0 Å². The number of nitrogens with one attached hydrogen (secondary N) is 1. The summed E-state index contributed by atoms with van der Waals surface area (Å²) in [5, 5.41) is 3.54. The predicted molar refractivity (Wildman–Crippen MR) is 136 cm³/mol. The van der Waals surface area contributed by atoms with Crippen molar-refractivity contribution in [1.82, 2.24) is 15.1 Å². The van der Waals surface area contributed by atoms with Gasteiger partial charge in [0.25, 0.3) is 0 Å². The molecule has 1 aromatic rings. The van der Waals surface area contributed by atoms with Crippen LogP contribution in [0.4, 0.5) is 0 Å². The number of hydrogen-bond acceptors (Lipinski definition) is 4. The molecule has 3 aliphatic heterocycles. The molecule has 4 rings (SSSR count). The molecule has 0 radical (unpaired) electrons. The van der Waals surface area contributed by atoms with E-state index in [2.05, 4.69) is 53.2 Å². The zero-order valence-electron chi connectivity index (χ0n) is 19.1. The molecule has 0 aliphatic carbocycles. The first-order valence-electron chi connectivity index (χ1n) is 11.8. The first kappa shape index (κ1) is 24.7. The van der Waals surface area contributed by atoms with E-state index in [1.54, 1.807) is 0 Å². The second-order valence-corrected chi connectivity index (χ2v) is 8.84. The van der Waals surface area contributed by atoms with Crippen LogP contribution in [0, 0.1) is 12.8 Å². The molecule has 0 amide bonds. The van der Waals surface area contributed by atoms with E-state index in [1.807, 2.05) is 0 Å². The van der Waals surface area contributed by atoms with E-state index in [4.69, 9.17) is 14.5 Å². The largest absolute Gasteiger partial charge is 0.379 e. The van der Waals surface area contributed by atoms with Gasteiger partial charge in [-0.1, -0.05) is 29.8 Å². The van der Waals surface area contributed by atoms with Crippen LogP contribution in [0.2, 0.25) is 0 Å². The van der Waals surface area contributed by atoms with Gasteiger partial charge in [0.2, 0.25) is 0 Å². The van der Waals surface area contributed by atoms with Crippen molar-refractivity contribution < 1.29 is 9.47 Å². The highest BCUT2D eigenvalue weighted by atomic mass is 127. The van der Waals surface area contributed by atoms with Crippen molar-refractivity contribution in [2.75, 3.05) is 59.1 Å². The molecule has 31 heavy (non-hydrogen) atoms. The van der Waals surface area contributed by atoms with Gasteiger partial charge in [0.1, 0.15) is 0 Å². The molecule has 7 heteroatoms. The Bertz CT molecular complexity index is 693. The lowest BCUT2D eigenvalue weighted by Gasteiger charge is -2.33. The maximum atomic E-state index is 6.21. The Morgan fingerprint density at radius 3 is 2.61 bits per heavy atom. The van der Waals surface area contributed by atoms with E-state index in [-0.39, 0.29) is 30.1 Å². The number of guanidine groups is 1. The summed E-state index contributed by atoms with van der Waals surface area (Å²) in [4.78, 5) is 10.1. The smallest absolute Gasteiger partial charge is 0.193 e. The summed E-state index contributed by atoms with van der Waals surface area (Å²) in [5.74, 6) is 1.51. The van der Waals surface area contributed by atoms with Gasteiger partial charge < -0.3 is 19.7 Å². The van der Waals surface area contributed by atoms with Gasteiger partial charge in [-0.3, -0.25) is 9.89 Å². The van der Waals surface area contributed by atoms with Gasteiger partial charge >= 0.3 is 0 Å². The molecule has 0 spiro atoms. The van der Waals surface area contributed by atoms with Crippen LogP contribution in [-0.4, -0.2) is 80.9 Å². The molecule has 174 valence electrons. The first-order valence-corrected chi connectivity index (χ1v) is 11.8. The number of likely N-dealkylation sites (tertiary alicyclic amines) is 1. The molecule has 3 unspecified atom stereocenters. The van der Waals surface area contributed by atoms with E-state index in [9.17, 15) is 0 Å². The van der Waals surface area contributed by atoms with Crippen molar-refractivity contribution in [2.45, 2.75) is 45.3 Å². The fourth-order valence-electron chi connectivity index (χ4n) is 4.96. The molecular weight excluding hydrogens is 503 g/mol. The number of ether oxygens (including phenoxy) is 2. The van der Waals surface area contributed by atoms with Crippen LogP contribution in [0.1, 0.15) is 43.4 Å². The SMILES string of the molecule is CCNC(=NCC1CCCOC1c1ccc(C)cc1)N1CCC(N2CCOCC2)C1.I. The first-order chi connectivity index (χ1) is 14.7. The standard InChI is InChI=1S/C24H38N4O2.HI/c1-3-25-24(28-11-10-22(18-28)27-12-15-29-16-13-27)26-17-21-5-4-14-30-23(21)20-8-6-19(2)7-9-20;/h6-9,21-23H,3-5,10-18H2,1-2H3,(H,25,26);1H. The normalized spacial score (nSPS) is 27.7. The summed E-state index contributed by atoms with van der Waals surface area (Å²) in [7, 11) is 0. The van der Waals surface area contributed by atoms with E-state index >= 15 is 0 Å². The Hall–Kier alpha value is -0.900. The van der Waals surface area contributed by atoms with Crippen molar-refractivity contribution in [3.8, 4) is 0 Å². The van der Waals surface area contributed by atoms with Crippen LogP contribution in [0.3, 0.4) is 0 Å². The molecule has 3 heterocycles. The van der Waals surface area contributed by atoms with Crippen molar-refractivity contribution in [2.24, 2.45) is 10.9 Å². The minimum absolute atomic E-state index is 0. The summed E-state index contributed by atoms with van der Waals surface area (Å²) in [5.41, 5.74) is 2.58. The molecule has 3 atom stereocenters. The lowest BCUT2D eigenvalue weighted by atomic mass is 9.89. The fraction of sp³-hybridized carbons (Fsp3) is 0.708. The van der Waals surface area contributed by atoms with Gasteiger partial charge in [0.15, 0.2) is 5.96 Å². The average molecular weight is 543 g/mol. The maximum absolute atomic E-state index is 6.21. The quantitative estimate of drug-likeness (QED) is 0.351. The van der Waals surface area contributed by atoms with Crippen LogP contribution >= 0.6 is 24.0 Å². The van der Waals surface area contributed by atoms with Gasteiger partial charge in [-0.25, -0.2) is 0 Å². The monoisotopic (exact) mass is 542 g/mol. The zero-order valence-corrected chi connectivity index (χ0v) is 21.4. The van der Waals surface area contributed by atoms with Crippen molar-refractivity contribution in [3.05, 3.63) is 35.4 Å². The number of rotatable bonds is 5. The topological polar surface area (TPSA) is 49.3 Å². The van der Waals surface area contributed by atoms with Gasteiger partial charge in [0.05, 0.1) is 19.3 Å². The molecule has 3 aliphatic rings. The molecule has 1 N–H and O–H groups in total. The minimum atomic E-state index is 0. The Balaban J connectivity index is 0.00000272. The van der Waals surface area contributed by atoms with E-state index < -0.39 is 0 Å². The zero-order chi connectivity index (χ0) is 20.8. The van der Waals surface area contributed by atoms with Crippen LogP contribution in [0.25, 0.3) is 0 Å². The number of aryl methyl sites for hydroxylation is 1. The number of morpholine rings is 1. The summed E-state index contributed by atoms with van der Waals surface area (Å²) in [6.07, 6.45) is 3.67. The number of nitrogens with zero attached hydrogens (tertiary/aromatic N) is 3. The number of benzene rings is 1.